The maximum atomic E-state index is 6.23. The van der Waals surface area contributed by atoms with E-state index in [0.717, 1.165) is 11.4 Å². The quantitative estimate of drug-likeness (QED) is 0.618. The van der Waals surface area contributed by atoms with Gasteiger partial charge in [-0.1, -0.05) is 54.6 Å². The number of aryl methyl sites for hydroxylation is 1. The van der Waals surface area contributed by atoms with E-state index in [1.807, 2.05) is 5.06 Å². The minimum Gasteiger partial charge on any atom is -0.378 e. The van der Waals surface area contributed by atoms with E-state index in [1.165, 1.54) is 21.9 Å². The van der Waals surface area contributed by atoms with Crippen LogP contribution in [0.1, 0.15) is 24.1 Å². The Labute approximate surface area is 124 Å². The zero-order valence-corrected chi connectivity index (χ0v) is 12.2. The van der Waals surface area contributed by atoms with E-state index >= 15 is 0 Å². The van der Waals surface area contributed by atoms with E-state index in [0.29, 0.717) is 0 Å². The van der Waals surface area contributed by atoms with Crippen molar-refractivity contribution in [3.05, 3.63) is 71.8 Å². The van der Waals surface area contributed by atoms with Crippen LogP contribution in [-0.2, 0) is 0 Å². The van der Waals surface area contributed by atoms with Crippen LogP contribution in [0.3, 0.4) is 0 Å². The third-order valence-corrected chi connectivity index (χ3v) is 4.25. The molecule has 0 N–H and O–H groups in total. The number of nitrogens with zero attached hydrogens (tertiary/aromatic N) is 1. The van der Waals surface area contributed by atoms with Crippen molar-refractivity contribution in [3.8, 4) is 5.75 Å². The van der Waals surface area contributed by atoms with E-state index in [9.17, 15) is 0 Å². The fraction of sp³-hybridized carbons (Fsp3) is 0.158. The van der Waals surface area contributed by atoms with Gasteiger partial charge in [0.25, 0.3) is 0 Å². The van der Waals surface area contributed by atoms with Crippen LogP contribution in [0.15, 0.2) is 60.7 Å². The van der Waals surface area contributed by atoms with Crippen LogP contribution in [0.2, 0.25) is 0 Å². The molecule has 4 rings (SSSR count). The predicted octanol–water partition coefficient (Wildman–Crippen LogP) is 5.02. The van der Waals surface area contributed by atoms with Gasteiger partial charge in [0.05, 0.1) is 11.7 Å². The van der Waals surface area contributed by atoms with Gasteiger partial charge in [-0.15, -0.1) is 0 Å². The number of fused-ring (bicyclic) bond motifs is 3. The molecule has 0 aromatic heterocycles. The molecule has 1 aliphatic rings. The van der Waals surface area contributed by atoms with E-state index in [2.05, 4.69) is 74.5 Å². The monoisotopic (exact) mass is 275 g/mol. The fourth-order valence-electron chi connectivity index (χ4n) is 3.06. The molecule has 1 heterocycles. The first-order chi connectivity index (χ1) is 10.3. The number of rotatable bonds is 1. The topological polar surface area (TPSA) is 12.5 Å². The lowest BCUT2D eigenvalue weighted by molar-refractivity contribution is 0.289. The molecule has 0 radical (unpaired) electrons. The zero-order chi connectivity index (χ0) is 14.4. The van der Waals surface area contributed by atoms with Gasteiger partial charge in [0.15, 0.2) is 5.75 Å². The first-order valence-corrected chi connectivity index (χ1v) is 7.30. The Bertz CT molecular complexity index is 825. The first-order valence-electron chi connectivity index (χ1n) is 7.30. The highest BCUT2D eigenvalue weighted by Crippen LogP contribution is 2.44. The van der Waals surface area contributed by atoms with Crippen molar-refractivity contribution < 1.29 is 4.84 Å². The maximum Gasteiger partial charge on any atom is 0.168 e. The second-order valence-corrected chi connectivity index (χ2v) is 5.58. The SMILES string of the molecule is Cc1ccccc1N1Oc2c(ccc3ccccc23)C1C. The summed E-state index contributed by atoms with van der Waals surface area (Å²) in [5.41, 5.74) is 3.60. The van der Waals surface area contributed by atoms with Gasteiger partial charge in [-0.05, 0) is 30.9 Å². The van der Waals surface area contributed by atoms with Gasteiger partial charge in [0, 0.05) is 10.9 Å². The predicted molar refractivity (Wildman–Crippen MR) is 86.6 cm³/mol. The van der Waals surface area contributed by atoms with Gasteiger partial charge in [-0.25, -0.2) is 5.06 Å². The summed E-state index contributed by atoms with van der Waals surface area (Å²) in [5, 5.41) is 4.42. The van der Waals surface area contributed by atoms with Crippen LogP contribution < -0.4 is 9.90 Å². The van der Waals surface area contributed by atoms with Gasteiger partial charge in [0.2, 0.25) is 0 Å². The standard InChI is InChI=1S/C19H17NO/c1-13-7-3-6-10-18(13)20-14(2)16-12-11-15-8-4-5-9-17(15)19(16)21-20/h3-12,14H,1-2H3. The van der Waals surface area contributed by atoms with Gasteiger partial charge in [-0.2, -0.15) is 0 Å². The highest BCUT2D eigenvalue weighted by Gasteiger charge is 2.31. The smallest absolute Gasteiger partial charge is 0.168 e. The summed E-state index contributed by atoms with van der Waals surface area (Å²) in [6, 6.07) is 21.3. The van der Waals surface area contributed by atoms with Crippen molar-refractivity contribution in [2.24, 2.45) is 0 Å². The van der Waals surface area contributed by atoms with Crippen LogP contribution in [-0.4, -0.2) is 0 Å². The van der Waals surface area contributed by atoms with E-state index < -0.39 is 0 Å². The molecule has 1 aliphatic heterocycles. The summed E-state index contributed by atoms with van der Waals surface area (Å²) in [6.07, 6.45) is 0. The second kappa shape index (κ2) is 4.52. The van der Waals surface area contributed by atoms with E-state index in [1.54, 1.807) is 0 Å². The molecular formula is C19H17NO. The Balaban J connectivity index is 1.86. The molecule has 1 unspecified atom stereocenters. The van der Waals surface area contributed by atoms with Crippen molar-refractivity contribution in [2.45, 2.75) is 19.9 Å². The minimum absolute atomic E-state index is 0.214. The highest BCUT2D eigenvalue weighted by atomic mass is 16.7. The third-order valence-electron chi connectivity index (χ3n) is 4.25. The molecule has 0 saturated carbocycles. The Hall–Kier alpha value is -2.48. The molecule has 0 spiro atoms. The van der Waals surface area contributed by atoms with Gasteiger partial charge < -0.3 is 4.84 Å². The number of hydrogen-bond acceptors (Lipinski definition) is 2. The average Bonchev–Trinajstić information content (AvgIpc) is 2.85. The van der Waals surface area contributed by atoms with Crippen LogP contribution in [0.4, 0.5) is 5.69 Å². The zero-order valence-electron chi connectivity index (χ0n) is 12.2. The Morgan fingerprint density at radius 2 is 1.67 bits per heavy atom. The van der Waals surface area contributed by atoms with Crippen LogP contribution in [0, 0.1) is 6.92 Å². The number of benzene rings is 3. The number of hydrogen-bond donors (Lipinski definition) is 0. The van der Waals surface area contributed by atoms with Crippen LogP contribution >= 0.6 is 0 Å². The van der Waals surface area contributed by atoms with Gasteiger partial charge >= 0.3 is 0 Å². The summed E-state index contributed by atoms with van der Waals surface area (Å²) in [6.45, 7) is 4.31. The summed E-state index contributed by atoms with van der Waals surface area (Å²) >= 11 is 0. The summed E-state index contributed by atoms with van der Waals surface area (Å²) in [5.74, 6) is 0.990. The van der Waals surface area contributed by atoms with Crippen molar-refractivity contribution in [2.75, 3.05) is 5.06 Å². The van der Waals surface area contributed by atoms with Crippen molar-refractivity contribution in [1.29, 1.82) is 0 Å². The largest absolute Gasteiger partial charge is 0.378 e. The average molecular weight is 275 g/mol. The fourth-order valence-corrected chi connectivity index (χ4v) is 3.06. The lowest BCUT2D eigenvalue weighted by Crippen LogP contribution is -2.24. The third kappa shape index (κ3) is 1.79. The van der Waals surface area contributed by atoms with Gasteiger partial charge in [0.1, 0.15) is 0 Å². The molecule has 2 nitrogen and oxygen atoms in total. The van der Waals surface area contributed by atoms with Crippen LogP contribution in [0.25, 0.3) is 10.8 Å². The highest BCUT2D eigenvalue weighted by molar-refractivity contribution is 5.90. The Morgan fingerprint density at radius 3 is 2.52 bits per heavy atom. The molecule has 21 heavy (non-hydrogen) atoms. The molecule has 0 saturated heterocycles. The normalized spacial score (nSPS) is 16.9. The maximum absolute atomic E-state index is 6.23. The summed E-state index contributed by atoms with van der Waals surface area (Å²) in [4.78, 5) is 6.23. The molecule has 0 amide bonds. The molecule has 2 heteroatoms. The molecule has 0 bridgehead atoms. The molecule has 3 aromatic carbocycles. The summed E-state index contributed by atoms with van der Waals surface area (Å²) < 4.78 is 0. The Kier molecular flexibility index (Phi) is 2.64. The van der Waals surface area contributed by atoms with E-state index in [-0.39, 0.29) is 6.04 Å². The number of hydroxylamine groups is 1. The number of anilines is 1. The molecule has 104 valence electrons. The van der Waals surface area contributed by atoms with E-state index in [4.69, 9.17) is 4.84 Å². The first kappa shape index (κ1) is 12.3. The molecule has 0 aliphatic carbocycles. The lowest BCUT2D eigenvalue weighted by atomic mass is 10.0. The van der Waals surface area contributed by atoms with Crippen molar-refractivity contribution >= 4 is 16.5 Å². The van der Waals surface area contributed by atoms with Gasteiger partial charge in [-0.3, -0.25) is 0 Å². The van der Waals surface area contributed by atoms with Crippen molar-refractivity contribution in [1.82, 2.24) is 0 Å². The molecule has 0 fully saturated rings. The minimum atomic E-state index is 0.214. The second-order valence-electron chi connectivity index (χ2n) is 5.58. The lowest BCUT2D eigenvalue weighted by Gasteiger charge is -2.23. The van der Waals surface area contributed by atoms with Crippen LogP contribution in [0.5, 0.6) is 5.75 Å². The molecule has 3 aromatic rings. The Morgan fingerprint density at radius 1 is 0.905 bits per heavy atom. The number of para-hydroxylation sites is 1. The molecular weight excluding hydrogens is 258 g/mol. The van der Waals surface area contributed by atoms with Crippen molar-refractivity contribution in [3.63, 3.8) is 0 Å². The summed E-state index contributed by atoms with van der Waals surface area (Å²) in [7, 11) is 0. The molecule has 1 atom stereocenters.